The number of rotatable bonds is 10. The van der Waals surface area contributed by atoms with Gasteiger partial charge in [-0.05, 0) is 38.8 Å². The predicted octanol–water partition coefficient (Wildman–Crippen LogP) is 1.96. The predicted molar refractivity (Wildman–Crippen MR) is 110 cm³/mol. The van der Waals surface area contributed by atoms with Crippen molar-refractivity contribution in [1.82, 2.24) is 4.31 Å². The second-order valence-electron chi connectivity index (χ2n) is 7.36. The molecule has 0 amide bonds. The fourth-order valence-electron chi connectivity index (χ4n) is 3.58. The van der Waals surface area contributed by atoms with Crippen LogP contribution in [0.15, 0.2) is 29.2 Å². The molecule has 10 heteroatoms. The molecule has 0 saturated carbocycles. The Labute approximate surface area is 182 Å². The Morgan fingerprint density at radius 2 is 1.65 bits per heavy atom. The number of hydrogen-bond donors (Lipinski definition) is 0. The van der Waals surface area contributed by atoms with Crippen molar-refractivity contribution in [2.45, 2.75) is 70.0 Å². The van der Waals surface area contributed by atoms with Gasteiger partial charge in [-0.2, -0.15) is 4.31 Å². The zero-order chi connectivity index (χ0) is 23.2. The van der Waals surface area contributed by atoms with Crippen molar-refractivity contribution in [3.05, 3.63) is 29.8 Å². The van der Waals surface area contributed by atoms with Crippen molar-refractivity contribution >= 4 is 27.9 Å². The highest BCUT2D eigenvalue weighted by molar-refractivity contribution is 7.89. The molecule has 0 N–H and O–H groups in total. The molecule has 0 radical (unpaired) electrons. The Hall–Kier alpha value is -2.46. The highest BCUT2D eigenvalue weighted by Crippen LogP contribution is 2.38. The number of nitrogens with zero attached hydrogens (tertiary/aromatic N) is 1. The maximum Gasteiger partial charge on any atom is 0.305 e. The van der Waals surface area contributed by atoms with E-state index < -0.39 is 40.1 Å². The van der Waals surface area contributed by atoms with E-state index in [4.69, 9.17) is 14.2 Å². The number of carbonyl (C=O) groups excluding carboxylic acids is 3. The summed E-state index contributed by atoms with van der Waals surface area (Å²) in [6.07, 6.45) is -0.0522. The largest absolute Gasteiger partial charge is 0.466 e. The van der Waals surface area contributed by atoms with Crippen LogP contribution in [-0.2, 0) is 38.6 Å². The molecule has 2 rings (SSSR count). The van der Waals surface area contributed by atoms with Crippen LogP contribution in [0, 0.1) is 6.92 Å². The Balaban J connectivity index is 2.31. The highest BCUT2D eigenvalue weighted by Gasteiger charge is 2.56. The van der Waals surface area contributed by atoms with Gasteiger partial charge in [0.2, 0.25) is 10.0 Å². The smallest absolute Gasteiger partial charge is 0.305 e. The van der Waals surface area contributed by atoms with E-state index in [-0.39, 0.29) is 36.9 Å². The Bertz CT molecular complexity index is 896. The van der Waals surface area contributed by atoms with Gasteiger partial charge in [0.1, 0.15) is 12.7 Å². The van der Waals surface area contributed by atoms with Crippen molar-refractivity contribution in [3.8, 4) is 0 Å². The average molecular weight is 456 g/mol. The van der Waals surface area contributed by atoms with Gasteiger partial charge in [0, 0.05) is 20.3 Å². The van der Waals surface area contributed by atoms with E-state index in [2.05, 4.69) is 0 Å². The standard InChI is InChI=1S/C21H29NO8S/c1-5-28-20(25)8-6-7-18-21(30-16(4)24)19(13-29-15(3)23)22(18)31(26,27)17-11-9-14(2)10-12-17/h9-12,18-19,21H,5-8,13H2,1-4H3/t18-,19-,21+/m0/s1. The topological polar surface area (TPSA) is 116 Å². The van der Waals surface area contributed by atoms with Crippen LogP contribution in [0.25, 0.3) is 0 Å². The van der Waals surface area contributed by atoms with Crippen molar-refractivity contribution in [2.24, 2.45) is 0 Å². The molecule has 1 aromatic carbocycles. The van der Waals surface area contributed by atoms with Crippen LogP contribution in [0.1, 0.15) is 45.6 Å². The fourth-order valence-corrected chi connectivity index (χ4v) is 5.42. The number of carbonyl (C=O) groups is 3. The molecule has 1 aliphatic heterocycles. The summed E-state index contributed by atoms with van der Waals surface area (Å²) in [5.41, 5.74) is 0.905. The van der Waals surface area contributed by atoms with Crippen LogP contribution in [0.3, 0.4) is 0 Å². The van der Waals surface area contributed by atoms with E-state index in [1.165, 1.54) is 30.3 Å². The number of hydrogen-bond acceptors (Lipinski definition) is 8. The van der Waals surface area contributed by atoms with Crippen LogP contribution < -0.4 is 0 Å². The van der Waals surface area contributed by atoms with Crippen LogP contribution >= 0.6 is 0 Å². The van der Waals surface area contributed by atoms with Gasteiger partial charge in [-0.25, -0.2) is 8.42 Å². The van der Waals surface area contributed by atoms with E-state index in [9.17, 15) is 22.8 Å². The first-order valence-corrected chi connectivity index (χ1v) is 11.6. The van der Waals surface area contributed by atoms with Gasteiger partial charge in [0.25, 0.3) is 0 Å². The second kappa shape index (κ2) is 10.7. The number of ether oxygens (including phenoxy) is 3. The zero-order valence-electron chi connectivity index (χ0n) is 18.2. The van der Waals surface area contributed by atoms with Gasteiger partial charge in [-0.15, -0.1) is 0 Å². The third kappa shape index (κ3) is 6.27. The second-order valence-corrected chi connectivity index (χ2v) is 9.20. The monoisotopic (exact) mass is 455 g/mol. The molecule has 1 saturated heterocycles. The summed E-state index contributed by atoms with van der Waals surface area (Å²) >= 11 is 0. The van der Waals surface area contributed by atoms with Crippen LogP contribution in [0.2, 0.25) is 0 Å². The van der Waals surface area contributed by atoms with Crippen molar-refractivity contribution < 1.29 is 37.0 Å². The van der Waals surface area contributed by atoms with Gasteiger partial charge in [-0.1, -0.05) is 17.7 Å². The number of aryl methyl sites for hydroxylation is 1. The molecule has 1 heterocycles. The maximum atomic E-state index is 13.4. The number of benzene rings is 1. The van der Waals surface area contributed by atoms with E-state index >= 15 is 0 Å². The molecule has 172 valence electrons. The molecule has 9 nitrogen and oxygen atoms in total. The lowest BCUT2D eigenvalue weighted by molar-refractivity contribution is -0.173. The molecule has 1 aliphatic rings. The SMILES string of the molecule is CCOC(=O)CCC[C@H]1[C@@H](OC(C)=O)[C@H](COC(C)=O)N1S(=O)(=O)c1ccc(C)cc1. The summed E-state index contributed by atoms with van der Waals surface area (Å²) in [5, 5.41) is 0. The minimum Gasteiger partial charge on any atom is -0.466 e. The van der Waals surface area contributed by atoms with Crippen LogP contribution in [0.5, 0.6) is 0 Å². The summed E-state index contributed by atoms with van der Waals surface area (Å²) in [7, 11) is -3.96. The normalized spacial score (nSPS) is 21.1. The lowest BCUT2D eigenvalue weighted by Gasteiger charge is -2.52. The highest BCUT2D eigenvalue weighted by atomic mass is 32.2. The van der Waals surface area contributed by atoms with Crippen molar-refractivity contribution in [1.29, 1.82) is 0 Å². The Kier molecular flexibility index (Phi) is 8.58. The molecule has 0 bridgehead atoms. The molecular weight excluding hydrogens is 426 g/mol. The van der Waals surface area contributed by atoms with Crippen LogP contribution in [-0.4, -0.2) is 62.0 Å². The molecule has 0 aromatic heterocycles. The quantitative estimate of drug-likeness (QED) is 0.388. The number of sulfonamides is 1. The summed E-state index contributed by atoms with van der Waals surface area (Å²) in [5.74, 6) is -1.52. The summed E-state index contributed by atoms with van der Waals surface area (Å²) in [6.45, 7) is 6.02. The molecule has 0 unspecified atom stereocenters. The lowest BCUT2D eigenvalue weighted by atomic mass is 9.89. The maximum absolute atomic E-state index is 13.4. The Morgan fingerprint density at radius 1 is 1.00 bits per heavy atom. The van der Waals surface area contributed by atoms with Crippen LogP contribution in [0.4, 0.5) is 0 Å². The summed E-state index contributed by atoms with van der Waals surface area (Å²) < 4.78 is 43.3. The first-order chi connectivity index (χ1) is 14.6. The van der Waals surface area contributed by atoms with Gasteiger partial charge in [0.15, 0.2) is 0 Å². The van der Waals surface area contributed by atoms with E-state index in [1.807, 2.05) is 6.92 Å². The third-order valence-corrected chi connectivity index (χ3v) is 6.92. The van der Waals surface area contributed by atoms with Gasteiger partial charge in [-0.3, -0.25) is 14.4 Å². The third-order valence-electron chi connectivity index (χ3n) is 4.95. The Morgan fingerprint density at radius 3 is 2.19 bits per heavy atom. The minimum absolute atomic E-state index is 0.0857. The van der Waals surface area contributed by atoms with E-state index in [1.54, 1.807) is 19.1 Å². The van der Waals surface area contributed by atoms with Gasteiger partial charge < -0.3 is 14.2 Å². The minimum atomic E-state index is -3.96. The van der Waals surface area contributed by atoms with Crippen molar-refractivity contribution in [2.75, 3.05) is 13.2 Å². The van der Waals surface area contributed by atoms with Gasteiger partial charge in [0.05, 0.1) is 23.6 Å². The molecule has 31 heavy (non-hydrogen) atoms. The van der Waals surface area contributed by atoms with E-state index in [0.717, 1.165) is 5.56 Å². The summed E-state index contributed by atoms with van der Waals surface area (Å²) in [4.78, 5) is 34.7. The average Bonchev–Trinajstić information content (AvgIpc) is 2.67. The molecule has 1 aromatic rings. The zero-order valence-corrected chi connectivity index (χ0v) is 19.0. The first-order valence-electron chi connectivity index (χ1n) is 10.1. The number of esters is 3. The molecule has 1 fully saturated rings. The molecule has 0 aliphatic carbocycles. The van der Waals surface area contributed by atoms with Gasteiger partial charge >= 0.3 is 17.9 Å². The van der Waals surface area contributed by atoms with Crippen molar-refractivity contribution in [3.63, 3.8) is 0 Å². The summed E-state index contributed by atoms with van der Waals surface area (Å²) in [6, 6.07) is 4.84. The lowest BCUT2D eigenvalue weighted by Crippen LogP contribution is -2.71. The molecular formula is C21H29NO8S. The molecule has 3 atom stereocenters. The molecule has 0 spiro atoms. The first kappa shape index (κ1) is 24.8. The van der Waals surface area contributed by atoms with E-state index in [0.29, 0.717) is 6.42 Å². The fraction of sp³-hybridized carbons (Fsp3) is 0.571.